The molecule has 0 spiro atoms. The van der Waals surface area contributed by atoms with Gasteiger partial charge in [-0.1, -0.05) is 51.9 Å². The second-order valence-electron chi connectivity index (χ2n) is 5.73. The molecule has 0 unspecified atom stereocenters. The maximum absolute atomic E-state index is 11.4. The Labute approximate surface area is 134 Å². The summed E-state index contributed by atoms with van der Waals surface area (Å²) in [4.78, 5) is 21.7. The molecule has 4 nitrogen and oxygen atoms in total. The van der Waals surface area contributed by atoms with E-state index in [4.69, 9.17) is 9.84 Å². The first-order valence-corrected chi connectivity index (χ1v) is 8.73. The highest BCUT2D eigenvalue weighted by atomic mass is 16.5. The van der Waals surface area contributed by atoms with Crippen LogP contribution in [0, 0.1) is 0 Å². The third kappa shape index (κ3) is 16.7. The number of unbranched alkanes of at least 4 members (excludes halogenated alkanes) is 9. The molecule has 0 amide bonds. The predicted octanol–water partition coefficient (Wildman–Crippen LogP) is 5.22. The monoisotopic (exact) mass is 312 g/mol. The second kappa shape index (κ2) is 16.1. The number of hydrogen-bond donors (Lipinski definition) is 1. The number of carboxylic acid groups (broad SMARTS) is 1. The van der Waals surface area contributed by atoms with Crippen molar-refractivity contribution >= 4 is 11.9 Å². The molecule has 128 valence electrons. The molecular formula is C18H32O4. The minimum atomic E-state index is -0.702. The van der Waals surface area contributed by atoms with E-state index in [1.807, 2.05) is 6.08 Å². The summed E-state index contributed by atoms with van der Waals surface area (Å²) >= 11 is 0. The van der Waals surface area contributed by atoms with Gasteiger partial charge >= 0.3 is 11.9 Å². The van der Waals surface area contributed by atoms with Crippen LogP contribution in [0.25, 0.3) is 0 Å². The molecular weight excluding hydrogens is 280 g/mol. The highest BCUT2D eigenvalue weighted by molar-refractivity contribution is 5.69. The number of carbonyl (C=O) groups excluding carboxylic acids is 1. The van der Waals surface area contributed by atoms with Gasteiger partial charge in [0.25, 0.3) is 0 Å². The number of hydrogen-bond acceptors (Lipinski definition) is 3. The van der Waals surface area contributed by atoms with Gasteiger partial charge in [0.2, 0.25) is 0 Å². The zero-order chi connectivity index (χ0) is 16.5. The number of allylic oxidation sites excluding steroid dienone is 1. The van der Waals surface area contributed by atoms with Crippen molar-refractivity contribution in [3.05, 3.63) is 12.3 Å². The lowest BCUT2D eigenvalue weighted by molar-refractivity contribution is -0.138. The Morgan fingerprint density at radius 2 is 1.41 bits per heavy atom. The summed E-state index contributed by atoms with van der Waals surface area (Å²) in [6.07, 6.45) is 15.8. The molecule has 0 radical (unpaired) electrons. The van der Waals surface area contributed by atoms with E-state index in [1.165, 1.54) is 12.7 Å². The van der Waals surface area contributed by atoms with Gasteiger partial charge in [0.05, 0.1) is 6.26 Å². The van der Waals surface area contributed by atoms with Crippen molar-refractivity contribution in [2.45, 2.75) is 90.4 Å². The summed E-state index contributed by atoms with van der Waals surface area (Å²) < 4.78 is 5.01. The first-order chi connectivity index (χ1) is 10.7. The van der Waals surface area contributed by atoms with Gasteiger partial charge in [0.1, 0.15) is 0 Å². The number of carboxylic acids is 1. The largest absolute Gasteiger partial charge is 0.481 e. The first kappa shape index (κ1) is 20.7. The standard InChI is InChI=1S/C18H32O4/c1-2-3-4-13-16-22-18(21)15-12-10-8-6-5-7-9-11-14-17(19)20/h13,16H,2-12,14-15H2,1H3,(H,19,20). The molecule has 0 fully saturated rings. The first-order valence-electron chi connectivity index (χ1n) is 8.73. The average Bonchev–Trinajstić information content (AvgIpc) is 2.48. The fourth-order valence-electron chi connectivity index (χ4n) is 2.18. The van der Waals surface area contributed by atoms with Crippen LogP contribution in [0.4, 0.5) is 0 Å². The Bertz CT molecular complexity index is 310. The van der Waals surface area contributed by atoms with Gasteiger partial charge in [-0.05, 0) is 31.8 Å². The Morgan fingerprint density at radius 1 is 0.864 bits per heavy atom. The van der Waals surface area contributed by atoms with Crippen LogP contribution in [-0.2, 0) is 14.3 Å². The molecule has 0 rings (SSSR count). The topological polar surface area (TPSA) is 63.6 Å². The minimum Gasteiger partial charge on any atom is -0.481 e. The molecule has 0 bridgehead atoms. The lowest BCUT2D eigenvalue weighted by atomic mass is 10.1. The van der Waals surface area contributed by atoms with E-state index >= 15 is 0 Å². The summed E-state index contributed by atoms with van der Waals surface area (Å²) in [5.74, 6) is -0.839. The molecule has 0 aliphatic carbocycles. The Balaban J connectivity index is 3.23. The quantitative estimate of drug-likeness (QED) is 0.256. The number of ether oxygens (including phenoxy) is 1. The fourth-order valence-corrected chi connectivity index (χ4v) is 2.18. The molecule has 1 N–H and O–H groups in total. The number of esters is 1. The molecule has 0 aliphatic rings. The van der Waals surface area contributed by atoms with Crippen LogP contribution in [-0.4, -0.2) is 17.0 Å². The molecule has 0 atom stereocenters. The van der Waals surface area contributed by atoms with E-state index in [0.29, 0.717) is 6.42 Å². The molecule has 22 heavy (non-hydrogen) atoms. The highest BCUT2D eigenvalue weighted by Crippen LogP contribution is 2.11. The third-order valence-corrected chi connectivity index (χ3v) is 3.54. The van der Waals surface area contributed by atoms with E-state index in [0.717, 1.165) is 64.2 Å². The molecule has 0 aromatic rings. The van der Waals surface area contributed by atoms with E-state index in [-0.39, 0.29) is 12.4 Å². The van der Waals surface area contributed by atoms with Crippen LogP contribution in [0.3, 0.4) is 0 Å². The Kier molecular flexibility index (Phi) is 15.1. The SMILES string of the molecule is CCCCC=COC(=O)CCCCCCCCCCC(=O)O. The van der Waals surface area contributed by atoms with Crippen molar-refractivity contribution in [3.8, 4) is 0 Å². The molecule has 0 aromatic carbocycles. The third-order valence-electron chi connectivity index (χ3n) is 3.54. The zero-order valence-corrected chi connectivity index (χ0v) is 14.0. The summed E-state index contributed by atoms with van der Waals surface area (Å²) in [7, 11) is 0. The van der Waals surface area contributed by atoms with Crippen molar-refractivity contribution in [1.29, 1.82) is 0 Å². The number of aliphatic carboxylic acids is 1. The second-order valence-corrected chi connectivity index (χ2v) is 5.73. The van der Waals surface area contributed by atoms with Crippen molar-refractivity contribution in [2.75, 3.05) is 0 Å². The molecule has 4 heteroatoms. The predicted molar refractivity (Wildman–Crippen MR) is 88.6 cm³/mol. The van der Waals surface area contributed by atoms with E-state index in [1.54, 1.807) is 0 Å². The molecule has 0 aliphatic heterocycles. The lowest BCUT2D eigenvalue weighted by Crippen LogP contribution is -1.98. The van der Waals surface area contributed by atoms with Gasteiger partial charge < -0.3 is 9.84 Å². The average molecular weight is 312 g/mol. The van der Waals surface area contributed by atoms with Crippen molar-refractivity contribution in [1.82, 2.24) is 0 Å². The number of rotatable bonds is 15. The molecule has 0 aromatic heterocycles. The van der Waals surface area contributed by atoms with Gasteiger partial charge in [-0.3, -0.25) is 9.59 Å². The van der Waals surface area contributed by atoms with Crippen LogP contribution >= 0.6 is 0 Å². The maximum atomic E-state index is 11.4. The van der Waals surface area contributed by atoms with E-state index < -0.39 is 5.97 Å². The van der Waals surface area contributed by atoms with Crippen molar-refractivity contribution in [3.63, 3.8) is 0 Å². The minimum absolute atomic E-state index is 0.138. The van der Waals surface area contributed by atoms with Crippen LogP contribution < -0.4 is 0 Å². The van der Waals surface area contributed by atoms with E-state index in [9.17, 15) is 9.59 Å². The smallest absolute Gasteiger partial charge is 0.310 e. The Hall–Kier alpha value is -1.32. The maximum Gasteiger partial charge on any atom is 0.310 e. The fraction of sp³-hybridized carbons (Fsp3) is 0.778. The Morgan fingerprint density at radius 3 is 1.95 bits per heavy atom. The van der Waals surface area contributed by atoms with Crippen LogP contribution in [0.15, 0.2) is 12.3 Å². The highest BCUT2D eigenvalue weighted by Gasteiger charge is 2.00. The van der Waals surface area contributed by atoms with E-state index in [2.05, 4.69) is 6.92 Å². The van der Waals surface area contributed by atoms with Crippen LogP contribution in [0.2, 0.25) is 0 Å². The summed E-state index contributed by atoms with van der Waals surface area (Å²) in [5.41, 5.74) is 0. The van der Waals surface area contributed by atoms with Crippen molar-refractivity contribution in [2.24, 2.45) is 0 Å². The molecule has 0 saturated heterocycles. The normalized spacial score (nSPS) is 11.0. The molecule has 0 heterocycles. The van der Waals surface area contributed by atoms with Gasteiger partial charge in [0.15, 0.2) is 0 Å². The van der Waals surface area contributed by atoms with Crippen molar-refractivity contribution < 1.29 is 19.4 Å². The summed E-state index contributed by atoms with van der Waals surface area (Å²) in [5, 5.41) is 8.51. The number of carbonyl (C=O) groups is 2. The molecule has 0 saturated carbocycles. The van der Waals surface area contributed by atoms with Gasteiger partial charge in [-0.15, -0.1) is 0 Å². The van der Waals surface area contributed by atoms with Gasteiger partial charge in [-0.25, -0.2) is 0 Å². The lowest BCUT2D eigenvalue weighted by Gasteiger charge is -2.02. The van der Waals surface area contributed by atoms with Crippen LogP contribution in [0.5, 0.6) is 0 Å². The zero-order valence-electron chi connectivity index (χ0n) is 14.0. The van der Waals surface area contributed by atoms with Gasteiger partial charge in [0, 0.05) is 12.8 Å². The summed E-state index contributed by atoms with van der Waals surface area (Å²) in [6, 6.07) is 0. The van der Waals surface area contributed by atoms with Crippen LogP contribution in [0.1, 0.15) is 90.4 Å². The van der Waals surface area contributed by atoms with Gasteiger partial charge in [-0.2, -0.15) is 0 Å². The summed E-state index contributed by atoms with van der Waals surface area (Å²) in [6.45, 7) is 2.13.